The predicted octanol–water partition coefficient (Wildman–Crippen LogP) is 2.10. The summed E-state index contributed by atoms with van der Waals surface area (Å²) in [4.78, 5) is 32.1. The van der Waals surface area contributed by atoms with Gasteiger partial charge >= 0.3 is 5.97 Å². The highest BCUT2D eigenvalue weighted by Crippen LogP contribution is 2.69. The van der Waals surface area contributed by atoms with E-state index in [0.717, 1.165) is 44.1 Å². The molecule has 6 aliphatic rings. The number of ether oxygens (including phenoxy) is 1. The summed E-state index contributed by atoms with van der Waals surface area (Å²) in [6.45, 7) is 4.69. The molecule has 9 nitrogen and oxygen atoms in total. The molecule has 9 atom stereocenters. The number of carbonyl (C=O) groups is 3. The molecule has 2 heterocycles. The molecule has 6 rings (SSSR count). The van der Waals surface area contributed by atoms with Crippen LogP contribution >= 0.6 is 0 Å². The third-order valence-corrected chi connectivity index (χ3v) is 11.1. The van der Waals surface area contributed by atoms with Crippen molar-refractivity contribution in [3.05, 3.63) is 11.6 Å². The highest BCUT2D eigenvalue weighted by atomic mass is 16.5. The molecule has 0 aromatic heterocycles. The minimum absolute atomic E-state index is 0.00129. The molecule has 0 radical (unpaired) electrons. The zero-order chi connectivity index (χ0) is 26.0. The number of hydroxylamine groups is 2. The van der Waals surface area contributed by atoms with E-state index in [1.165, 1.54) is 0 Å². The Bertz CT molecular complexity index is 965. The fourth-order valence-corrected chi connectivity index (χ4v) is 8.93. The van der Waals surface area contributed by atoms with Crippen LogP contribution in [-0.4, -0.2) is 67.8 Å². The van der Waals surface area contributed by atoms with Gasteiger partial charge in [0.2, 0.25) is 0 Å². The number of nitrogens with zero attached hydrogens (tertiary/aromatic N) is 1. The topological polar surface area (TPSA) is 145 Å². The molecular weight excluding hydrogens is 466 g/mol. The fourth-order valence-electron chi connectivity index (χ4n) is 8.93. The quantitative estimate of drug-likeness (QED) is 0.241. The van der Waals surface area contributed by atoms with Crippen LogP contribution in [0.15, 0.2) is 11.6 Å². The highest BCUT2D eigenvalue weighted by Gasteiger charge is 2.70. The van der Waals surface area contributed by atoms with Gasteiger partial charge in [-0.15, -0.1) is 0 Å². The molecule has 0 aromatic rings. The van der Waals surface area contributed by atoms with Gasteiger partial charge in [0.1, 0.15) is 6.61 Å². The zero-order valence-corrected chi connectivity index (χ0v) is 21.2. The Labute approximate surface area is 211 Å². The van der Waals surface area contributed by atoms with E-state index in [-0.39, 0.29) is 47.2 Å². The third kappa shape index (κ3) is 3.68. The average Bonchev–Trinajstić information content (AvgIpc) is 3.48. The largest absolute Gasteiger partial charge is 0.458 e. The molecule has 9 heteroatoms. The van der Waals surface area contributed by atoms with Gasteiger partial charge < -0.3 is 20.1 Å². The van der Waals surface area contributed by atoms with Gasteiger partial charge in [-0.1, -0.05) is 13.8 Å². The van der Waals surface area contributed by atoms with Gasteiger partial charge in [-0.2, -0.15) is 5.06 Å². The molecule has 200 valence electrons. The van der Waals surface area contributed by atoms with Crippen LogP contribution in [0.2, 0.25) is 0 Å². The van der Waals surface area contributed by atoms with Crippen LogP contribution in [0, 0.1) is 34.5 Å². The number of cyclic esters (lactones) is 1. The summed E-state index contributed by atoms with van der Waals surface area (Å²) in [5, 5.41) is 42.3. The van der Waals surface area contributed by atoms with Gasteiger partial charge in [0, 0.05) is 24.3 Å². The number of carbonyl (C=O) groups excluding carboxylic acids is 3. The van der Waals surface area contributed by atoms with E-state index in [9.17, 15) is 29.7 Å². The van der Waals surface area contributed by atoms with Crippen LogP contribution in [0.25, 0.3) is 0 Å². The van der Waals surface area contributed by atoms with Gasteiger partial charge in [0.05, 0.1) is 17.8 Å². The molecule has 0 bridgehead atoms. The highest BCUT2D eigenvalue weighted by molar-refractivity contribution is 6.00. The van der Waals surface area contributed by atoms with Crippen molar-refractivity contribution in [3.63, 3.8) is 0 Å². The Morgan fingerprint density at radius 2 is 1.64 bits per heavy atom. The number of aliphatic hydroxyl groups is 3. The second-order valence-corrected chi connectivity index (χ2v) is 12.4. The standard InChI is InChI=1S/C23H34O5.C4H5NO3/c1-21-7-5-15(24)10-14(21)3-4-17-18(21)11-19(25)22(2)16(6-8-23(17,22)27)13-9-20(26)28-12-13;6-3-1-2-4(7)5(3)8/h9,14-19,24-25,27H,3-8,10-12H2,1-2H3;8H,1-2H2/t14-,15+,16-,17-,18+,19-,21+,22+,23+;/m1./s1. The molecule has 2 amide bonds. The van der Waals surface area contributed by atoms with Crippen LogP contribution in [-0.2, 0) is 19.1 Å². The van der Waals surface area contributed by atoms with E-state index in [0.29, 0.717) is 31.3 Å². The molecule has 5 fully saturated rings. The second kappa shape index (κ2) is 8.89. The van der Waals surface area contributed by atoms with E-state index in [4.69, 9.17) is 9.94 Å². The lowest BCUT2D eigenvalue weighted by Crippen LogP contribution is -2.67. The summed E-state index contributed by atoms with van der Waals surface area (Å²) in [6, 6.07) is 0. The van der Waals surface area contributed by atoms with Crippen molar-refractivity contribution in [2.24, 2.45) is 34.5 Å². The maximum absolute atomic E-state index is 12.1. The molecule has 0 spiro atoms. The molecule has 0 unspecified atom stereocenters. The van der Waals surface area contributed by atoms with E-state index < -0.39 is 28.9 Å². The predicted molar refractivity (Wildman–Crippen MR) is 126 cm³/mol. The van der Waals surface area contributed by atoms with Crippen molar-refractivity contribution >= 4 is 17.8 Å². The summed E-state index contributed by atoms with van der Waals surface area (Å²) >= 11 is 0. The van der Waals surface area contributed by atoms with Crippen LogP contribution in [0.5, 0.6) is 0 Å². The molecule has 4 saturated carbocycles. The van der Waals surface area contributed by atoms with Crippen LogP contribution in [0.4, 0.5) is 0 Å². The average molecular weight is 506 g/mol. The summed E-state index contributed by atoms with van der Waals surface area (Å²) in [7, 11) is 0. The molecule has 0 aromatic carbocycles. The first-order valence-corrected chi connectivity index (χ1v) is 13.4. The maximum atomic E-state index is 12.1. The van der Waals surface area contributed by atoms with Crippen molar-refractivity contribution in [1.29, 1.82) is 0 Å². The summed E-state index contributed by atoms with van der Waals surface area (Å²) in [5.74, 6) is -0.352. The van der Waals surface area contributed by atoms with Crippen molar-refractivity contribution in [2.45, 2.75) is 95.9 Å². The monoisotopic (exact) mass is 505 g/mol. The zero-order valence-electron chi connectivity index (χ0n) is 21.2. The lowest BCUT2D eigenvalue weighted by Gasteiger charge is -2.64. The van der Waals surface area contributed by atoms with E-state index in [1.54, 1.807) is 6.08 Å². The summed E-state index contributed by atoms with van der Waals surface area (Å²) in [6.07, 6.45) is 7.99. The lowest BCUT2D eigenvalue weighted by molar-refractivity contribution is -0.244. The Morgan fingerprint density at radius 3 is 2.22 bits per heavy atom. The molecule has 36 heavy (non-hydrogen) atoms. The first-order chi connectivity index (χ1) is 16.9. The minimum Gasteiger partial charge on any atom is -0.458 e. The van der Waals surface area contributed by atoms with Crippen molar-refractivity contribution in [3.8, 4) is 0 Å². The molecule has 1 saturated heterocycles. The Kier molecular flexibility index (Phi) is 6.38. The summed E-state index contributed by atoms with van der Waals surface area (Å²) in [5.41, 5.74) is -0.507. The normalized spacial score (nSPS) is 47.9. The minimum atomic E-state index is -0.906. The number of amides is 2. The van der Waals surface area contributed by atoms with Crippen LogP contribution < -0.4 is 0 Å². The van der Waals surface area contributed by atoms with Crippen LogP contribution in [0.1, 0.15) is 78.1 Å². The first kappa shape index (κ1) is 25.8. The number of rotatable bonds is 1. The van der Waals surface area contributed by atoms with E-state index >= 15 is 0 Å². The van der Waals surface area contributed by atoms with Gasteiger partial charge in [-0.05, 0) is 86.0 Å². The van der Waals surface area contributed by atoms with Crippen molar-refractivity contribution in [1.82, 2.24) is 5.06 Å². The summed E-state index contributed by atoms with van der Waals surface area (Å²) < 4.78 is 5.16. The molecule has 2 aliphatic heterocycles. The van der Waals surface area contributed by atoms with Gasteiger partial charge in [-0.25, -0.2) is 4.79 Å². The second-order valence-electron chi connectivity index (χ2n) is 12.4. The number of esters is 1. The molecule has 4 aliphatic carbocycles. The maximum Gasteiger partial charge on any atom is 0.331 e. The van der Waals surface area contributed by atoms with E-state index in [2.05, 4.69) is 6.92 Å². The Morgan fingerprint density at radius 1 is 0.944 bits per heavy atom. The Hall–Kier alpha value is -1.81. The van der Waals surface area contributed by atoms with Crippen LogP contribution in [0.3, 0.4) is 0 Å². The fraction of sp³-hybridized carbons (Fsp3) is 0.815. The number of fused-ring (bicyclic) bond motifs is 5. The smallest absolute Gasteiger partial charge is 0.331 e. The molecule has 4 N–H and O–H groups in total. The van der Waals surface area contributed by atoms with E-state index in [1.807, 2.05) is 6.92 Å². The third-order valence-electron chi connectivity index (χ3n) is 11.1. The van der Waals surface area contributed by atoms with Gasteiger partial charge in [0.25, 0.3) is 11.8 Å². The SMILES string of the molecule is C[C@]12CC[C@H](O)C[C@H]1CC[C@@H]1[C@@H]2C[C@@H](O)[C@]2(C)[C@@H](C3=CC(=O)OC3)CC[C@]12O.O=C1CCC(=O)N1O. The van der Waals surface area contributed by atoms with Gasteiger partial charge in [0.15, 0.2) is 0 Å². The number of aliphatic hydroxyl groups excluding tert-OH is 2. The van der Waals surface area contributed by atoms with Gasteiger partial charge in [-0.3, -0.25) is 14.8 Å². The first-order valence-electron chi connectivity index (χ1n) is 13.4. The molecular formula is C27H39NO8. The van der Waals surface area contributed by atoms with Crippen molar-refractivity contribution < 1.29 is 39.6 Å². The number of imide groups is 1. The van der Waals surface area contributed by atoms with Crippen molar-refractivity contribution in [2.75, 3.05) is 6.61 Å². The lowest BCUT2D eigenvalue weighted by atomic mass is 9.42. The number of hydrogen-bond donors (Lipinski definition) is 4. The Balaban J connectivity index is 0.000000286. The number of hydrogen-bond acceptors (Lipinski definition) is 8.